The molecule has 8 nitrogen and oxygen atoms in total. The van der Waals surface area contributed by atoms with Crippen molar-refractivity contribution in [1.29, 1.82) is 0 Å². The first-order chi connectivity index (χ1) is 17.3. The van der Waals surface area contributed by atoms with Crippen molar-refractivity contribution < 1.29 is 19.1 Å². The number of rotatable bonds is 10. The number of carbonyl (C=O) groups is 2. The predicted molar refractivity (Wildman–Crippen MR) is 142 cm³/mol. The van der Waals surface area contributed by atoms with Crippen LogP contribution in [0.4, 0.5) is 5.00 Å². The predicted octanol–water partition coefficient (Wildman–Crippen LogP) is 5.51. The number of hydrogen-bond acceptors (Lipinski definition) is 8. The van der Waals surface area contributed by atoms with Crippen LogP contribution in [0.2, 0.25) is 0 Å². The number of anilines is 1. The van der Waals surface area contributed by atoms with E-state index < -0.39 is 0 Å². The standard InChI is InChI=1S/C26H32N4O4S2/c1-6-30-23(17(5)34-19-12-8-10-15(3)16(19)4)28-29-26(30)35-14-21(31)27-24-22(25(32)33-7-2)18-11-9-13-20(18)36-24/h8,10,12,17H,6-7,9,11,13-14H2,1-5H3,(H,27,31). The third-order valence-corrected chi connectivity index (χ3v) is 8.44. The highest BCUT2D eigenvalue weighted by Gasteiger charge is 2.28. The van der Waals surface area contributed by atoms with Gasteiger partial charge in [0, 0.05) is 11.4 Å². The number of aromatic nitrogens is 3. The summed E-state index contributed by atoms with van der Waals surface area (Å²) in [5.41, 5.74) is 3.81. The van der Waals surface area contributed by atoms with Gasteiger partial charge in [0.25, 0.3) is 0 Å². The number of hydrogen-bond donors (Lipinski definition) is 1. The van der Waals surface area contributed by atoms with Gasteiger partial charge in [-0.2, -0.15) is 0 Å². The number of thioether (sulfide) groups is 1. The first-order valence-electron chi connectivity index (χ1n) is 12.2. The average Bonchev–Trinajstić information content (AvgIpc) is 3.55. The Balaban J connectivity index is 1.43. The highest BCUT2D eigenvalue weighted by atomic mass is 32.2. The van der Waals surface area contributed by atoms with Crippen LogP contribution in [0.25, 0.3) is 0 Å². The molecule has 0 spiro atoms. The SMILES string of the molecule is CCOC(=O)c1c(NC(=O)CSc2nnc(C(C)Oc3cccc(C)c3C)n2CC)sc2c1CCC2. The molecule has 1 aromatic carbocycles. The van der Waals surface area contributed by atoms with E-state index >= 15 is 0 Å². The fraction of sp³-hybridized carbons (Fsp3) is 0.462. The minimum atomic E-state index is -0.368. The van der Waals surface area contributed by atoms with E-state index in [1.54, 1.807) is 6.92 Å². The van der Waals surface area contributed by atoms with Gasteiger partial charge in [-0.15, -0.1) is 21.5 Å². The normalized spacial score (nSPS) is 13.4. The Hall–Kier alpha value is -2.85. The Bertz CT molecular complexity index is 1270. The summed E-state index contributed by atoms with van der Waals surface area (Å²) in [6, 6.07) is 5.99. The number of nitrogens with zero attached hydrogens (tertiary/aromatic N) is 3. The van der Waals surface area contributed by atoms with E-state index in [0.29, 0.717) is 34.7 Å². The van der Waals surface area contributed by atoms with Crippen LogP contribution in [0, 0.1) is 13.8 Å². The molecule has 1 aliphatic rings. The smallest absolute Gasteiger partial charge is 0.341 e. The van der Waals surface area contributed by atoms with Crippen molar-refractivity contribution in [2.45, 2.75) is 71.7 Å². The largest absolute Gasteiger partial charge is 0.482 e. The number of esters is 1. The molecule has 1 unspecified atom stereocenters. The summed E-state index contributed by atoms with van der Waals surface area (Å²) >= 11 is 2.79. The third-order valence-electron chi connectivity index (χ3n) is 6.27. The molecule has 0 saturated carbocycles. The van der Waals surface area contributed by atoms with E-state index in [2.05, 4.69) is 28.5 Å². The van der Waals surface area contributed by atoms with Crippen LogP contribution in [-0.2, 0) is 28.9 Å². The van der Waals surface area contributed by atoms with Gasteiger partial charge < -0.3 is 19.4 Å². The Morgan fingerprint density at radius 1 is 1.22 bits per heavy atom. The maximum Gasteiger partial charge on any atom is 0.341 e. The van der Waals surface area contributed by atoms with Gasteiger partial charge in [0.1, 0.15) is 10.8 Å². The number of benzene rings is 1. The molecule has 2 aromatic heterocycles. The van der Waals surface area contributed by atoms with Crippen LogP contribution in [0.5, 0.6) is 5.75 Å². The van der Waals surface area contributed by atoms with Gasteiger partial charge in [-0.1, -0.05) is 23.9 Å². The fourth-order valence-corrected chi connectivity index (χ4v) is 6.41. The average molecular weight is 529 g/mol. The number of nitrogens with one attached hydrogen (secondary N) is 1. The molecule has 192 valence electrons. The number of thiophene rings is 1. The molecule has 1 aliphatic carbocycles. The molecule has 3 aromatic rings. The highest BCUT2D eigenvalue weighted by molar-refractivity contribution is 7.99. The second kappa shape index (κ2) is 11.5. The van der Waals surface area contributed by atoms with Crippen LogP contribution < -0.4 is 10.1 Å². The van der Waals surface area contributed by atoms with Crippen LogP contribution in [0.1, 0.15) is 71.0 Å². The zero-order valence-electron chi connectivity index (χ0n) is 21.3. The van der Waals surface area contributed by atoms with Crippen molar-refractivity contribution in [3.05, 3.63) is 51.2 Å². The number of ether oxygens (including phenoxy) is 2. The molecule has 1 amide bonds. The molecule has 0 bridgehead atoms. The summed E-state index contributed by atoms with van der Waals surface area (Å²) in [6.07, 6.45) is 2.50. The Labute approximate surface area is 219 Å². The first kappa shape index (κ1) is 26.2. The molecule has 10 heteroatoms. The van der Waals surface area contributed by atoms with E-state index in [1.165, 1.54) is 28.7 Å². The number of fused-ring (bicyclic) bond motifs is 1. The lowest BCUT2D eigenvalue weighted by Gasteiger charge is -2.17. The fourth-order valence-electron chi connectivity index (χ4n) is 4.30. The molecule has 0 aliphatic heterocycles. The quantitative estimate of drug-likeness (QED) is 0.274. The van der Waals surface area contributed by atoms with Gasteiger partial charge in [-0.3, -0.25) is 4.79 Å². The Morgan fingerprint density at radius 3 is 2.78 bits per heavy atom. The summed E-state index contributed by atoms with van der Waals surface area (Å²) in [5, 5.41) is 12.9. The Kier molecular flexibility index (Phi) is 8.35. The van der Waals surface area contributed by atoms with Gasteiger partial charge in [0.05, 0.1) is 17.9 Å². The summed E-state index contributed by atoms with van der Waals surface area (Å²) in [4.78, 5) is 26.6. The number of carbonyl (C=O) groups excluding carboxylic acids is 2. The lowest BCUT2D eigenvalue weighted by molar-refractivity contribution is -0.113. The van der Waals surface area contributed by atoms with Gasteiger partial charge in [0.15, 0.2) is 17.1 Å². The summed E-state index contributed by atoms with van der Waals surface area (Å²) in [5.74, 6) is 1.11. The molecule has 0 fully saturated rings. The van der Waals surface area contributed by atoms with Crippen LogP contribution in [0.15, 0.2) is 23.4 Å². The van der Waals surface area contributed by atoms with Crippen molar-refractivity contribution in [3.8, 4) is 5.75 Å². The lowest BCUT2D eigenvalue weighted by atomic mass is 10.1. The van der Waals surface area contributed by atoms with Crippen molar-refractivity contribution in [2.24, 2.45) is 0 Å². The topological polar surface area (TPSA) is 95.3 Å². The van der Waals surface area contributed by atoms with E-state index in [0.717, 1.165) is 41.0 Å². The first-order valence-corrected chi connectivity index (χ1v) is 14.0. The van der Waals surface area contributed by atoms with Crippen molar-refractivity contribution in [1.82, 2.24) is 14.8 Å². The molecular weight excluding hydrogens is 496 g/mol. The maximum absolute atomic E-state index is 12.8. The number of aryl methyl sites for hydroxylation is 2. The molecule has 36 heavy (non-hydrogen) atoms. The van der Waals surface area contributed by atoms with Gasteiger partial charge in [-0.05, 0) is 76.6 Å². The zero-order valence-corrected chi connectivity index (χ0v) is 23.0. The molecule has 2 heterocycles. The summed E-state index contributed by atoms with van der Waals surface area (Å²) in [7, 11) is 0. The van der Waals surface area contributed by atoms with E-state index in [1.807, 2.05) is 37.5 Å². The minimum absolute atomic E-state index is 0.148. The molecule has 0 saturated heterocycles. The van der Waals surface area contributed by atoms with Crippen molar-refractivity contribution in [2.75, 3.05) is 17.7 Å². The van der Waals surface area contributed by atoms with Crippen LogP contribution in [0.3, 0.4) is 0 Å². The lowest BCUT2D eigenvalue weighted by Crippen LogP contribution is -2.17. The maximum atomic E-state index is 12.8. The van der Waals surface area contributed by atoms with Crippen LogP contribution in [-0.4, -0.2) is 39.0 Å². The van der Waals surface area contributed by atoms with Crippen molar-refractivity contribution >= 4 is 40.0 Å². The third kappa shape index (κ3) is 5.44. The van der Waals surface area contributed by atoms with E-state index in [-0.39, 0.29) is 23.7 Å². The second-order valence-corrected chi connectivity index (χ2v) is 10.7. The van der Waals surface area contributed by atoms with Crippen LogP contribution >= 0.6 is 23.1 Å². The minimum Gasteiger partial charge on any atom is -0.482 e. The molecule has 4 rings (SSSR count). The second-order valence-electron chi connectivity index (χ2n) is 8.66. The highest BCUT2D eigenvalue weighted by Crippen LogP contribution is 2.39. The molecule has 0 radical (unpaired) electrons. The van der Waals surface area contributed by atoms with Gasteiger partial charge in [0.2, 0.25) is 5.91 Å². The van der Waals surface area contributed by atoms with Crippen molar-refractivity contribution in [3.63, 3.8) is 0 Å². The number of amides is 1. The monoisotopic (exact) mass is 528 g/mol. The molecular formula is C26H32N4O4S2. The summed E-state index contributed by atoms with van der Waals surface area (Å²) < 4.78 is 13.4. The molecule has 1 N–H and O–H groups in total. The summed E-state index contributed by atoms with van der Waals surface area (Å²) in [6.45, 7) is 10.8. The Morgan fingerprint density at radius 2 is 2.03 bits per heavy atom. The van der Waals surface area contributed by atoms with E-state index in [9.17, 15) is 9.59 Å². The van der Waals surface area contributed by atoms with Gasteiger partial charge >= 0.3 is 5.97 Å². The van der Waals surface area contributed by atoms with E-state index in [4.69, 9.17) is 9.47 Å². The van der Waals surface area contributed by atoms with Gasteiger partial charge in [-0.25, -0.2) is 4.79 Å². The zero-order chi connectivity index (χ0) is 25.8. The molecule has 1 atom stereocenters.